The van der Waals surface area contributed by atoms with E-state index >= 15 is 0 Å². The molecular formula is C16H18N2O4. The fourth-order valence-corrected chi connectivity index (χ4v) is 3.32. The number of fused-ring (bicyclic) bond motifs is 1. The molecule has 2 aliphatic rings. The topological polar surface area (TPSA) is 77.9 Å². The summed E-state index contributed by atoms with van der Waals surface area (Å²) in [6, 6.07) is 8.50. The van der Waals surface area contributed by atoms with Gasteiger partial charge in [0.25, 0.3) is 0 Å². The maximum Gasteiger partial charge on any atom is 0.326 e. The van der Waals surface area contributed by atoms with Crippen LogP contribution in [0.4, 0.5) is 0 Å². The molecule has 0 spiro atoms. The maximum atomic E-state index is 12.4. The summed E-state index contributed by atoms with van der Waals surface area (Å²) in [5.74, 6) is -1.31. The molecule has 2 atom stereocenters. The van der Waals surface area contributed by atoms with Gasteiger partial charge >= 0.3 is 5.97 Å². The van der Waals surface area contributed by atoms with Gasteiger partial charge in [-0.15, -0.1) is 0 Å². The predicted molar refractivity (Wildman–Crippen MR) is 78.0 cm³/mol. The first-order valence-corrected chi connectivity index (χ1v) is 7.42. The van der Waals surface area contributed by atoms with Gasteiger partial charge in [0.1, 0.15) is 6.04 Å². The average molecular weight is 302 g/mol. The molecule has 116 valence electrons. The molecule has 1 N–H and O–H groups in total. The zero-order valence-electron chi connectivity index (χ0n) is 12.1. The van der Waals surface area contributed by atoms with Crippen LogP contribution in [0, 0.1) is 0 Å². The number of carboxylic acids is 1. The quantitative estimate of drug-likeness (QED) is 0.883. The van der Waals surface area contributed by atoms with Gasteiger partial charge in [-0.05, 0) is 18.4 Å². The van der Waals surface area contributed by atoms with Crippen molar-refractivity contribution < 1.29 is 19.5 Å². The molecule has 0 aliphatic carbocycles. The van der Waals surface area contributed by atoms with Crippen molar-refractivity contribution in [2.45, 2.75) is 31.3 Å². The molecule has 2 amide bonds. The molecule has 2 heterocycles. The summed E-state index contributed by atoms with van der Waals surface area (Å²) < 4.78 is 0. The summed E-state index contributed by atoms with van der Waals surface area (Å²) in [4.78, 5) is 38.8. The van der Waals surface area contributed by atoms with Crippen LogP contribution >= 0.6 is 0 Å². The second-order valence-corrected chi connectivity index (χ2v) is 5.82. The van der Waals surface area contributed by atoms with Crippen molar-refractivity contribution >= 4 is 17.8 Å². The smallest absolute Gasteiger partial charge is 0.326 e. The van der Waals surface area contributed by atoms with Crippen LogP contribution in [0.2, 0.25) is 0 Å². The number of hydrogen-bond donors (Lipinski definition) is 1. The van der Waals surface area contributed by atoms with Crippen LogP contribution in [0.15, 0.2) is 30.3 Å². The van der Waals surface area contributed by atoms with Gasteiger partial charge in [-0.1, -0.05) is 30.3 Å². The van der Waals surface area contributed by atoms with Crippen LogP contribution in [-0.4, -0.2) is 57.9 Å². The molecule has 6 nitrogen and oxygen atoms in total. The van der Waals surface area contributed by atoms with Crippen LogP contribution < -0.4 is 0 Å². The predicted octanol–water partition coefficient (Wildman–Crippen LogP) is 0.515. The molecule has 3 rings (SSSR count). The number of carbonyl (C=O) groups excluding carboxylic acids is 2. The highest BCUT2D eigenvalue weighted by Gasteiger charge is 2.45. The van der Waals surface area contributed by atoms with E-state index in [-0.39, 0.29) is 30.8 Å². The highest BCUT2D eigenvalue weighted by Crippen LogP contribution is 2.28. The minimum Gasteiger partial charge on any atom is -0.480 e. The van der Waals surface area contributed by atoms with Gasteiger partial charge in [0.15, 0.2) is 0 Å². The lowest BCUT2D eigenvalue weighted by Gasteiger charge is -2.38. The number of rotatable bonds is 3. The first-order valence-electron chi connectivity index (χ1n) is 7.42. The van der Waals surface area contributed by atoms with Crippen molar-refractivity contribution in [3.8, 4) is 0 Å². The number of carboxylic acid groups (broad SMARTS) is 1. The van der Waals surface area contributed by atoms with E-state index in [0.29, 0.717) is 19.4 Å². The molecule has 1 aromatic rings. The van der Waals surface area contributed by atoms with Crippen LogP contribution in [0.5, 0.6) is 0 Å². The molecule has 2 saturated heterocycles. The van der Waals surface area contributed by atoms with Crippen molar-refractivity contribution in [1.29, 1.82) is 0 Å². The summed E-state index contributed by atoms with van der Waals surface area (Å²) in [7, 11) is 0. The molecule has 2 unspecified atom stereocenters. The molecule has 0 saturated carbocycles. The van der Waals surface area contributed by atoms with E-state index in [4.69, 9.17) is 5.11 Å². The lowest BCUT2D eigenvalue weighted by molar-refractivity contribution is -0.155. The third-order valence-corrected chi connectivity index (χ3v) is 4.38. The van der Waals surface area contributed by atoms with Crippen LogP contribution in [0.25, 0.3) is 0 Å². The highest BCUT2D eigenvalue weighted by atomic mass is 16.4. The van der Waals surface area contributed by atoms with Gasteiger partial charge in [0.2, 0.25) is 11.8 Å². The Morgan fingerprint density at radius 1 is 1.18 bits per heavy atom. The maximum absolute atomic E-state index is 12.4. The number of nitrogens with zero attached hydrogens (tertiary/aromatic N) is 2. The molecule has 0 radical (unpaired) electrons. The monoisotopic (exact) mass is 302 g/mol. The molecular weight excluding hydrogens is 284 g/mol. The van der Waals surface area contributed by atoms with E-state index in [1.165, 1.54) is 4.90 Å². The van der Waals surface area contributed by atoms with Crippen LogP contribution in [0.3, 0.4) is 0 Å². The van der Waals surface area contributed by atoms with Crippen molar-refractivity contribution in [2.24, 2.45) is 0 Å². The zero-order valence-corrected chi connectivity index (χ0v) is 12.1. The first kappa shape index (κ1) is 14.6. The number of benzene rings is 1. The summed E-state index contributed by atoms with van der Waals surface area (Å²) >= 11 is 0. The molecule has 1 aromatic carbocycles. The van der Waals surface area contributed by atoms with Gasteiger partial charge in [-0.3, -0.25) is 9.59 Å². The van der Waals surface area contributed by atoms with E-state index in [0.717, 1.165) is 5.56 Å². The van der Waals surface area contributed by atoms with Crippen molar-refractivity contribution in [3.05, 3.63) is 35.9 Å². The third kappa shape index (κ3) is 2.68. The van der Waals surface area contributed by atoms with Gasteiger partial charge in [-0.25, -0.2) is 4.79 Å². The minimum atomic E-state index is -0.958. The van der Waals surface area contributed by atoms with Crippen LogP contribution in [0.1, 0.15) is 18.4 Å². The summed E-state index contributed by atoms with van der Waals surface area (Å²) in [5.41, 5.74) is 0.914. The SMILES string of the molecule is O=C(O)C1CCC2CN(C(=O)Cc3ccccc3)CC(=O)N21. The number of aliphatic carboxylic acids is 1. The Morgan fingerprint density at radius 2 is 1.91 bits per heavy atom. The van der Waals surface area contributed by atoms with Crippen molar-refractivity contribution in [3.63, 3.8) is 0 Å². The Bertz CT molecular complexity index is 601. The summed E-state index contributed by atoms with van der Waals surface area (Å²) in [5, 5.41) is 9.17. The Kier molecular flexibility index (Phi) is 3.83. The largest absolute Gasteiger partial charge is 0.480 e. The minimum absolute atomic E-state index is 0.0219. The average Bonchev–Trinajstić information content (AvgIpc) is 2.93. The van der Waals surface area contributed by atoms with Gasteiger partial charge in [0, 0.05) is 6.54 Å². The Morgan fingerprint density at radius 3 is 2.59 bits per heavy atom. The second kappa shape index (κ2) is 5.79. The Hall–Kier alpha value is -2.37. The molecule has 2 fully saturated rings. The number of amides is 2. The van der Waals surface area contributed by atoms with E-state index < -0.39 is 12.0 Å². The number of carbonyl (C=O) groups is 3. The van der Waals surface area contributed by atoms with E-state index in [1.807, 2.05) is 30.3 Å². The van der Waals surface area contributed by atoms with E-state index in [9.17, 15) is 14.4 Å². The number of hydrogen-bond acceptors (Lipinski definition) is 3. The fraction of sp³-hybridized carbons (Fsp3) is 0.438. The lowest BCUT2D eigenvalue weighted by atomic mass is 10.1. The molecule has 6 heteroatoms. The fourth-order valence-electron chi connectivity index (χ4n) is 3.32. The van der Waals surface area contributed by atoms with Gasteiger partial charge < -0.3 is 14.9 Å². The Labute approximate surface area is 128 Å². The molecule has 2 aliphatic heterocycles. The zero-order chi connectivity index (χ0) is 15.7. The Balaban J connectivity index is 1.67. The normalized spacial score (nSPS) is 24.3. The summed E-state index contributed by atoms with van der Waals surface area (Å²) in [6.45, 7) is 0.410. The second-order valence-electron chi connectivity index (χ2n) is 5.82. The van der Waals surface area contributed by atoms with Gasteiger partial charge in [0.05, 0.1) is 19.0 Å². The first-order chi connectivity index (χ1) is 10.6. The van der Waals surface area contributed by atoms with Gasteiger partial charge in [-0.2, -0.15) is 0 Å². The van der Waals surface area contributed by atoms with Crippen molar-refractivity contribution in [2.75, 3.05) is 13.1 Å². The molecule has 22 heavy (non-hydrogen) atoms. The van der Waals surface area contributed by atoms with Crippen molar-refractivity contribution in [1.82, 2.24) is 9.80 Å². The van der Waals surface area contributed by atoms with E-state index in [2.05, 4.69) is 0 Å². The lowest BCUT2D eigenvalue weighted by Crippen LogP contribution is -2.58. The highest BCUT2D eigenvalue weighted by molar-refractivity contribution is 5.90. The molecule has 0 bridgehead atoms. The standard InChI is InChI=1S/C16H18N2O4/c19-14(8-11-4-2-1-3-5-11)17-9-12-6-7-13(16(21)22)18(12)15(20)10-17/h1-5,12-13H,6-10H2,(H,21,22). The molecule has 0 aromatic heterocycles. The third-order valence-electron chi connectivity index (χ3n) is 4.38. The van der Waals surface area contributed by atoms with Crippen LogP contribution in [-0.2, 0) is 20.8 Å². The summed E-state index contributed by atoms with van der Waals surface area (Å²) in [6.07, 6.45) is 1.37. The number of piperazine rings is 1. The van der Waals surface area contributed by atoms with E-state index in [1.54, 1.807) is 4.90 Å².